The quantitative estimate of drug-likeness (QED) is 0.690. The van der Waals surface area contributed by atoms with E-state index in [0.717, 1.165) is 0 Å². The number of carboxylic acid groups (broad SMARTS) is 1. The fourth-order valence-corrected chi connectivity index (χ4v) is 0.849. The van der Waals surface area contributed by atoms with Crippen molar-refractivity contribution in [1.82, 2.24) is 9.55 Å². The lowest BCUT2D eigenvalue weighted by molar-refractivity contribution is 0.0691. The Labute approximate surface area is 68.9 Å². The molecule has 1 aromatic heterocycles. The van der Waals surface area contributed by atoms with Gasteiger partial charge >= 0.3 is 5.97 Å². The highest BCUT2D eigenvalue weighted by Crippen LogP contribution is 2.01. The lowest BCUT2D eigenvalue weighted by Gasteiger charge is -1.93. The summed E-state index contributed by atoms with van der Waals surface area (Å²) >= 11 is 0. The van der Waals surface area contributed by atoms with Crippen molar-refractivity contribution >= 4 is 5.97 Å². The molecule has 0 aliphatic heterocycles. The Bertz CT molecular complexity index is 348. The van der Waals surface area contributed by atoms with Gasteiger partial charge in [0.15, 0.2) is 5.69 Å². The van der Waals surface area contributed by atoms with Gasteiger partial charge < -0.3 is 9.67 Å². The predicted molar refractivity (Wildman–Crippen MR) is 39.6 cm³/mol. The lowest BCUT2D eigenvalue weighted by Crippen LogP contribution is -1.95. The van der Waals surface area contributed by atoms with E-state index in [9.17, 15) is 4.79 Å². The summed E-state index contributed by atoms with van der Waals surface area (Å²) < 4.78 is 1.49. The normalized spacial score (nSPS) is 9.33. The Kier molecular flexibility index (Phi) is 2.10. The van der Waals surface area contributed by atoms with Crippen LogP contribution in [0.5, 0.6) is 0 Å². The zero-order valence-electron chi connectivity index (χ0n) is 6.48. The van der Waals surface area contributed by atoms with Crippen molar-refractivity contribution in [3.8, 4) is 6.07 Å². The average Bonchev–Trinajstić information content (AvgIpc) is 2.46. The summed E-state index contributed by atoms with van der Waals surface area (Å²) in [5, 5.41) is 17.0. The van der Waals surface area contributed by atoms with E-state index in [0.29, 0.717) is 6.54 Å². The van der Waals surface area contributed by atoms with Crippen LogP contribution in [0.1, 0.15) is 23.2 Å². The van der Waals surface area contributed by atoms with Gasteiger partial charge in [0.25, 0.3) is 0 Å². The summed E-state index contributed by atoms with van der Waals surface area (Å²) in [6, 6.07) is 1.81. The average molecular weight is 165 g/mol. The molecule has 0 bridgehead atoms. The molecule has 0 saturated heterocycles. The molecule has 0 fully saturated rings. The highest BCUT2D eigenvalue weighted by Gasteiger charge is 2.10. The van der Waals surface area contributed by atoms with Crippen LogP contribution in [-0.2, 0) is 6.54 Å². The molecule has 1 rings (SSSR count). The van der Waals surface area contributed by atoms with Crippen LogP contribution in [0.2, 0.25) is 0 Å². The van der Waals surface area contributed by atoms with E-state index in [1.807, 2.05) is 13.0 Å². The van der Waals surface area contributed by atoms with Gasteiger partial charge in [0, 0.05) is 12.7 Å². The number of aromatic nitrogens is 2. The van der Waals surface area contributed by atoms with E-state index in [1.165, 1.54) is 10.8 Å². The van der Waals surface area contributed by atoms with Crippen LogP contribution in [0, 0.1) is 11.3 Å². The number of rotatable bonds is 2. The van der Waals surface area contributed by atoms with Crippen LogP contribution in [0.3, 0.4) is 0 Å². The van der Waals surface area contributed by atoms with Gasteiger partial charge in [-0.3, -0.25) is 0 Å². The summed E-state index contributed by atoms with van der Waals surface area (Å²) in [6.45, 7) is 2.36. The van der Waals surface area contributed by atoms with Crippen LogP contribution < -0.4 is 0 Å². The van der Waals surface area contributed by atoms with Gasteiger partial charge in [0.05, 0.1) is 0 Å². The first kappa shape index (κ1) is 8.27. The van der Waals surface area contributed by atoms with Crippen molar-refractivity contribution in [2.75, 3.05) is 0 Å². The Morgan fingerprint density at radius 2 is 2.58 bits per heavy atom. The molecule has 0 atom stereocenters. The molecule has 0 aromatic carbocycles. The van der Waals surface area contributed by atoms with Gasteiger partial charge in [-0.25, -0.2) is 9.78 Å². The second-order valence-electron chi connectivity index (χ2n) is 2.15. The van der Waals surface area contributed by atoms with Crippen LogP contribution in [0.15, 0.2) is 6.20 Å². The maximum atomic E-state index is 10.4. The lowest BCUT2D eigenvalue weighted by atomic mass is 10.5. The van der Waals surface area contributed by atoms with E-state index >= 15 is 0 Å². The van der Waals surface area contributed by atoms with Gasteiger partial charge in [0.1, 0.15) is 6.07 Å². The number of carboxylic acids is 1. The molecule has 5 heteroatoms. The van der Waals surface area contributed by atoms with Crippen molar-refractivity contribution < 1.29 is 9.90 Å². The fourth-order valence-electron chi connectivity index (χ4n) is 0.849. The highest BCUT2D eigenvalue weighted by molar-refractivity contribution is 5.85. The van der Waals surface area contributed by atoms with E-state index < -0.39 is 5.97 Å². The molecule has 5 nitrogen and oxygen atoms in total. The smallest absolute Gasteiger partial charge is 0.356 e. The standard InChI is InChI=1S/C7H7N3O2/c1-2-10-4-5(7(11)12)9-6(10)3-8/h4H,2H2,1H3,(H,11,12). The predicted octanol–water partition coefficient (Wildman–Crippen LogP) is 0.473. The topological polar surface area (TPSA) is 78.9 Å². The molecule has 1 aromatic rings. The molecule has 12 heavy (non-hydrogen) atoms. The Morgan fingerprint density at radius 3 is 2.92 bits per heavy atom. The Morgan fingerprint density at radius 1 is 1.92 bits per heavy atom. The van der Waals surface area contributed by atoms with Gasteiger partial charge in [-0.1, -0.05) is 0 Å². The number of hydrogen-bond donors (Lipinski definition) is 1. The molecule has 62 valence electrons. The second kappa shape index (κ2) is 3.05. The number of imidazole rings is 1. The number of nitriles is 1. The van der Waals surface area contributed by atoms with Gasteiger partial charge in [0.2, 0.25) is 5.82 Å². The summed E-state index contributed by atoms with van der Waals surface area (Å²) in [6.07, 6.45) is 1.35. The molecule has 0 aliphatic carbocycles. The molecule has 0 spiro atoms. The molecular formula is C7H7N3O2. The summed E-state index contributed by atoms with van der Waals surface area (Å²) in [7, 11) is 0. The maximum absolute atomic E-state index is 10.4. The van der Waals surface area contributed by atoms with Crippen molar-refractivity contribution in [3.63, 3.8) is 0 Å². The van der Waals surface area contributed by atoms with E-state index in [4.69, 9.17) is 10.4 Å². The van der Waals surface area contributed by atoms with Gasteiger partial charge in [-0.15, -0.1) is 0 Å². The minimum atomic E-state index is -1.11. The zero-order valence-corrected chi connectivity index (χ0v) is 6.48. The summed E-state index contributed by atoms with van der Waals surface area (Å²) in [5.41, 5.74) is -0.0894. The van der Waals surface area contributed by atoms with Crippen molar-refractivity contribution in [1.29, 1.82) is 5.26 Å². The third-order valence-electron chi connectivity index (χ3n) is 1.44. The molecule has 0 saturated carbocycles. The van der Waals surface area contributed by atoms with Gasteiger partial charge in [-0.2, -0.15) is 5.26 Å². The molecule has 0 unspecified atom stereocenters. The van der Waals surface area contributed by atoms with E-state index in [1.54, 1.807) is 0 Å². The largest absolute Gasteiger partial charge is 0.476 e. The number of hydrogen-bond acceptors (Lipinski definition) is 3. The van der Waals surface area contributed by atoms with Crippen LogP contribution in [0.25, 0.3) is 0 Å². The monoisotopic (exact) mass is 165 g/mol. The molecule has 0 amide bonds. The fraction of sp³-hybridized carbons (Fsp3) is 0.286. The van der Waals surface area contributed by atoms with Crippen LogP contribution in [-0.4, -0.2) is 20.6 Å². The first-order valence-electron chi connectivity index (χ1n) is 3.39. The summed E-state index contributed by atoms with van der Waals surface area (Å²) in [5.74, 6) is -0.978. The van der Waals surface area contributed by atoms with E-state index in [-0.39, 0.29) is 11.5 Å². The molecule has 1 N–H and O–H groups in total. The first-order valence-corrected chi connectivity index (χ1v) is 3.39. The van der Waals surface area contributed by atoms with Crippen LogP contribution in [0.4, 0.5) is 0 Å². The van der Waals surface area contributed by atoms with Crippen molar-refractivity contribution in [2.24, 2.45) is 0 Å². The highest BCUT2D eigenvalue weighted by atomic mass is 16.4. The van der Waals surface area contributed by atoms with Crippen molar-refractivity contribution in [3.05, 3.63) is 17.7 Å². The Balaban J connectivity index is 3.16. The first-order chi connectivity index (χ1) is 5.69. The third-order valence-corrected chi connectivity index (χ3v) is 1.44. The number of aryl methyl sites for hydroxylation is 1. The number of carbonyl (C=O) groups is 1. The molecule has 0 radical (unpaired) electrons. The zero-order chi connectivity index (χ0) is 9.14. The minimum Gasteiger partial charge on any atom is -0.476 e. The van der Waals surface area contributed by atoms with E-state index in [2.05, 4.69) is 4.98 Å². The summed E-state index contributed by atoms with van der Waals surface area (Å²) in [4.78, 5) is 14.0. The van der Waals surface area contributed by atoms with Crippen LogP contribution >= 0.6 is 0 Å². The number of aromatic carboxylic acids is 1. The molecular weight excluding hydrogens is 158 g/mol. The Hall–Kier alpha value is -1.83. The number of nitrogens with zero attached hydrogens (tertiary/aromatic N) is 3. The second-order valence-corrected chi connectivity index (χ2v) is 2.15. The van der Waals surface area contributed by atoms with Crippen molar-refractivity contribution in [2.45, 2.75) is 13.5 Å². The third kappa shape index (κ3) is 1.27. The SMILES string of the molecule is CCn1cc(C(=O)O)nc1C#N. The minimum absolute atomic E-state index is 0.0894. The molecule has 0 aliphatic rings. The molecule has 1 heterocycles. The maximum Gasteiger partial charge on any atom is 0.356 e. The van der Waals surface area contributed by atoms with Gasteiger partial charge in [-0.05, 0) is 6.92 Å².